The largest absolute Gasteiger partial charge is 0.396 e. The molecule has 0 aromatic carbocycles. The molecule has 1 aliphatic heterocycles. The molecule has 0 radical (unpaired) electrons. The van der Waals surface area contributed by atoms with E-state index in [-0.39, 0.29) is 11.9 Å². The summed E-state index contributed by atoms with van der Waals surface area (Å²) < 4.78 is 0. The number of anilines is 2. The molecule has 2 rings (SSSR count). The molecule has 6 nitrogen and oxygen atoms in total. The summed E-state index contributed by atoms with van der Waals surface area (Å²) in [5.41, 5.74) is 0. The van der Waals surface area contributed by atoms with Crippen LogP contribution in [0.5, 0.6) is 0 Å². The third-order valence-corrected chi connectivity index (χ3v) is 3.27. The van der Waals surface area contributed by atoms with Crippen molar-refractivity contribution < 1.29 is 5.11 Å². The summed E-state index contributed by atoms with van der Waals surface area (Å²) in [5, 5.41) is 12.1. The van der Waals surface area contributed by atoms with Gasteiger partial charge in [-0.3, -0.25) is 0 Å². The van der Waals surface area contributed by atoms with Crippen LogP contribution >= 0.6 is 11.6 Å². The number of halogens is 1. The Hall–Kier alpha value is -1.14. The lowest BCUT2D eigenvalue weighted by molar-refractivity contribution is 0.286. The molecule has 0 amide bonds. The highest BCUT2D eigenvalue weighted by atomic mass is 35.5. The minimum atomic E-state index is 0.207. The van der Waals surface area contributed by atoms with Gasteiger partial charge in [-0.2, -0.15) is 15.0 Å². The van der Waals surface area contributed by atoms with Crippen LogP contribution in [0.2, 0.25) is 5.28 Å². The first-order valence-corrected chi connectivity index (χ1v) is 7.18. The van der Waals surface area contributed by atoms with Gasteiger partial charge in [0.15, 0.2) is 0 Å². The highest BCUT2D eigenvalue weighted by Crippen LogP contribution is 2.18. The molecule has 0 atom stereocenters. The number of aromatic nitrogens is 3. The second-order valence-electron chi connectivity index (χ2n) is 4.63. The zero-order valence-corrected chi connectivity index (χ0v) is 11.7. The molecule has 1 aliphatic rings. The molecule has 1 fully saturated rings. The maximum atomic E-state index is 8.73. The first-order valence-electron chi connectivity index (χ1n) is 6.81. The highest BCUT2D eigenvalue weighted by Gasteiger charge is 2.15. The molecule has 0 aliphatic carbocycles. The van der Waals surface area contributed by atoms with E-state index in [1.807, 2.05) is 0 Å². The van der Waals surface area contributed by atoms with E-state index in [0.717, 1.165) is 32.5 Å². The number of hydrogen-bond donors (Lipinski definition) is 2. The van der Waals surface area contributed by atoms with Crippen molar-refractivity contribution in [1.82, 2.24) is 15.0 Å². The van der Waals surface area contributed by atoms with E-state index in [1.54, 1.807) is 0 Å². The van der Waals surface area contributed by atoms with Gasteiger partial charge in [0.05, 0.1) is 0 Å². The number of aliphatic hydroxyl groups is 1. The predicted molar refractivity (Wildman–Crippen MR) is 75.7 cm³/mol. The van der Waals surface area contributed by atoms with Gasteiger partial charge in [0, 0.05) is 26.2 Å². The van der Waals surface area contributed by atoms with E-state index in [9.17, 15) is 0 Å². The van der Waals surface area contributed by atoms with Crippen LogP contribution in [0.25, 0.3) is 0 Å². The normalized spacial score (nSPS) is 15.6. The number of nitrogens with one attached hydrogen (secondary N) is 1. The van der Waals surface area contributed by atoms with Gasteiger partial charge in [-0.1, -0.05) is 0 Å². The number of aliphatic hydroxyl groups excluding tert-OH is 1. The molecule has 7 heteroatoms. The third kappa shape index (κ3) is 4.47. The lowest BCUT2D eigenvalue weighted by Gasteiger charge is -2.26. The van der Waals surface area contributed by atoms with Crippen LogP contribution in [-0.4, -0.2) is 46.3 Å². The Bertz CT molecular complexity index is 398. The molecule has 19 heavy (non-hydrogen) atoms. The Labute approximate surface area is 118 Å². The van der Waals surface area contributed by atoms with Crippen LogP contribution in [0.15, 0.2) is 0 Å². The monoisotopic (exact) mass is 285 g/mol. The van der Waals surface area contributed by atoms with Crippen molar-refractivity contribution in [3.8, 4) is 0 Å². The lowest BCUT2D eigenvalue weighted by atomic mass is 10.1. The number of rotatable bonds is 6. The Morgan fingerprint density at radius 1 is 1.11 bits per heavy atom. The molecule has 0 saturated carbocycles. The van der Waals surface area contributed by atoms with E-state index in [0.29, 0.717) is 11.9 Å². The van der Waals surface area contributed by atoms with Crippen molar-refractivity contribution in [3.63, 3.8) is 0 Å². The van der Waals surface area contributed by atoms with Gasteiger partial charge in [-0.05, 0) is 43.7 Å². The fraction of sp³-hybridized carbons (Fsp3) is 0.750. The SMILES string of the molecule is OCCCCNc1nc(Cl)nc(N2CCCCC2)n1. The van der Waals surface area contributed by atoms with Crippen molar-refractivity contribution in [2.75, 3.05) is 36.5 Å². The van der Waals surface area contributed by atoms with Gasteiger partial charge in [0.2, 0.25) is 17.2 Å². The number of nitrogens with zero attached hydrogens (tertiary/aromatic N) is 4. The van der Waals surface area contributed by atoms with Crippen molar-refractivity contribution >= 4 is 23.5 Å². The summed E-state index contributed by atoms with van der Waals surface area (Å²) in [6, 6.07) is 0. The summed E-state index contributed by atoms with van der Waals surface area (Å²) in [5.74, 6) is 1.17. The molecular formula is C12H20ClN5O. The van der Waals surface area contributed by atoms with E-state index in [2.05, 4.69) is 25.2 Å². The highest BCUT2D eigenvalue weighted by molar-refractivity contribution is 6.28. The van der Waals surface area contributed by atoms with E-state index >= 15 is 0 Å². The zero-order valence-electron chi connectivity index (χ0n) is 11.0. The van der Waals surface area contributed by atoms with E-state index in [1.165, 1.54) is 19.3 Å². The first-order chi connectivity index (χ1) is 9.29. The van der Waals surface area contributed by atoms with Gasteiger partial charge in [-0.15, -0.1) is 0 Å². The smallest absolute Gasteiger partial charge is 0.231 e. The number of piperidine rings is 1. The fourth-order valence-corrected chi connectivity index (χ4v) is 2.25. The van der Waals surface area contributed by atoms with Gasteiger partial charge < -0.3 is 15.3 Å². The van der Waals surface area contributed by atoms with Crippen molar-refractivity contribution in [2.45, 2.75) is 32.1 Å². The molecule has 0 spiro atoms. The van der Waals surface area contributed by atoms with E-state index in [4.69, 9.17) is 16.7 Å². The minimum absolute atomic E-state index is 0.207. The van der Waals surface area contributed by atoms with Gasteiger partial charge in [0.1, 0.15) is 0 Å². The van der Waals surface area contributed by atoms with Crippen LogP contribution < -0.4 is 10.2 Å². The zero-order chi connectivity index (χ0) is 13.5. The quantitative estimate of drug-likeness (QED) is 0.775. The summed E-state index contributed by atoms with van der Waals surface area (Å²) in [4.78, 5) is 14.8. The van der Waals surface area contributed by atoms with Gasteiger partial charge in [0.25, 0.3) is 0 Å². The topological polar surface area (TPSA) is 74.2 Å². The van der Waals surface area contributed by atoms with Crippen molar-refractivity contribution in [2.24, 2.45) is 0 Å². The van der Waals surface area contributed by atoms with Crippen molar-refractivity contribution in [3.05, 3.63) is 5.28 Å². The summed E-state index contributed by atoms with van der Waals surface area (Å²) in [6.07, 6.45) is 5.25. The molecular weight excluding hydrogens is 266 g/mol. The molecule has 2 heterocycles. The predicted octanol–water partition coefficient (Wildman–Crippen LogP) is 1.70. The average molecular weight is 286 g/mol. The van der Waals surface area contributed by atoms with Crippen LogP contribution in [0.1, 0.15) is 32.1 Å². The Morgan fingerprint density at radius 2 is 1.89 bits per heavy atom. The Morgan fingerprint density at radius 3 is 2.63 bits per heavy atom. The fourth-order valence-electron chi connectivity index (χ4n) is 2.09. The van der Waals surface area contributed by atoms with Crippen LogP contribution in [0.4, 0.5) is 11.9 Å². The van der Waals surface area contributed by atoms with Gasteiger partial charge >= 0.3 is 0 Å². The third-order valence-electron chi connectivity index (χ3n) is 3.10. The molecule has 1 saturated heterocycles. The van der Waals surface area contributed by atoms with Gasteiger partial charge in [-0.25, -0.2) is 0 Å². The summed E-state index contributed by atoms with van der Waals surface area (Å²) in [6.45, 7) is 2.88. The van der Waals surface area contributed by atoms with E-state index < -0.39 is 0 Å². The lowest BCUT2D eigenvalue weighted by Crippen LogP contribution is -2.31. The molecule has 0 unspecified atom stereocenters. The standard InChI is InChI=1S/C12H20ClN5O/c13-10-15-11(14-6-2-5-9-19)17-12(16-10)18-7-3-1-4-8-18/h19H,1-9H2,(H,14,15,16,17). The average Bonchev–Trinajstić information content (AvgIpc) is 2.44. The maximum absolute atomic E-state index is 8.73. The molecule has 2 N–H and O–H groups in total. The Balaban J connectivity index is 1.97. The number of unbranched alkanes of at least 4 members (excludes halogenated alkanes) is 1. The second-order valence-corrected chi connectivity index (χ2v) is 4.97. The summed E-state index contributed by atoms with van der Waals surface area (Å²) >= 11 is 5.94. The molecule has 106 valence electrons. The van der Waals surface area contributed by atoms with Crippen LogP contribution in [-0.2, 0) is 0 Å². The van der Waals surface area contributed by atoms with Crippen LogP contribution in [0, 0.1) is 0 Å². The maximum Gasteiger partial charge on any atom is 0.231 e. The first kappa shape index (κ1) is 14.3. The summed E-state index contributed by atoms with van der Waals surface area (Å²) in [7, 11) is 0. The Kier molecular flexibility index (Phi) is 5.60. The molecule has 0 bridgehead atoms. The number of hydrogen-bond acceptors (Lipinski definition) is 6. The second kappa shape index (κ2) is 7.45. The van der Waals surface area contributed by atoms with Crippen LogP contribution in [0.3, 0.4) is 0 Å². The minimum Gasteiger partial charge on any atom is -0.396 e. The molecule has 1 aromatic heterocycles. The molecule has 1 aromatic rings. The van der Waals surface area contributed by atoms with Crippen molar-refractivity contribution in [1.29, 1.82) is 0 Å².